The van der Waals surface area contributed by atoms with Crippen molar-refractivity contribution in [3.8, 4) is 0 Å². The third-order valence-corrected chi connectivity index (χ3v) is 1.78. The van der Waals surface area contributed by atoms with Crippen molar-refractivity contribution in [1.82, 2.24) is 0 Å². The second-order valence-electron chi connectivity index (χ2n) is 1.83. The molecule has 2 radical (unpaired) electrons. The predicted molar refractivity (Wildman–Crippen MR) is 33.9 cm³/mol. The van der Waals surface area contributed by atoms with Gasteiger partial charge in [-0.05, 0) is 6.07 Å². The molecule has 1 aromatic rings. The Labute approximate surface area is 63.4 Å². The first-order chi connectivity index (χ1) is 5.16. The first kappa shape index (κ1) is 8.29. The molecule has 0 unspecified atom stereocenters. The summed E-state index contributed by atoms with van der Waals surface area (Å²) in [5.74, 6) is -4.10. The maximum Gasteiger partial charge on any atom is 0.268 e. The minimum absolute atomic E-state index is 0.219. The summed E-state index contributed by atoms with van der Waals surface area (Å²) in [6, 6.07) is 1.78. The number of hydrogen-bond donors (Lipinski definition) is 1. The summed E-state index contributed by atoms with van der Waals surface area (Å²) in [7, 11) is -0.860. The molecule has 58 valence electrons. The molecule has 0 aliphatic heterocycles. The Morgan fingerprint density at radius 3 is 2.27 bits per heavy atom. The summed E-state index contributed by atoms with van der Waals surface area (Å²) in [5, 5.41) is -0.219. The standard InChI is InChI=1S/C6H3F3OSi/c7-3-1-2-4(11-10)6(9)5(3)8/h1-2,10H. The molecule has 0 saturated heterocycles. The van der Waals surface area contributed by atoms with Crippen LogP contribution in [0.4, 0.5) is 13.2 Å². The van der Waals surface area contributed by atoms with Crippen molar-refractivity contribution >= 4 is 14.9 Å². The molecule has 1 nitrogen and oxygen atoms in total. The van der Waals surface area contributed by atoms with Crippen molar-refractivity contribution in [3.63, 3.8) is 0 Å². The van der Waals surface area contributed by atoms with Gasteiger partial charge < -0.3 is 4.80 Å². The Morgan fingerprint density at radius 1 is 1.09 bits per heavy atom. The Morgan fingerprint density at radius 2 is 1.73 bits per heavy atom. The molecule has 0 fully saturated rings. The van der Waals surface area contributed by atoms with Crippen LogP contribution in [0.15, 0.2) is 12.1 Å². The zero-order chi connectivity index (χ0) is 8.43. The number of hydrogen-bond acceptors (Lipinski definition) is 1. The van der Waals surface area contributed by atoms with E-state index in [1.165, 1.54) is 0 Å². The third kappa shape index (κ3) is 1.43. The highest BCUT2D eigenvalue weighted by molar-refractivity contribution is 6.45. The fourth-order valence-electron chi connectivity index (χ4n) is 0.612. The molecule has 5 heteroatoms. The largest absolute Gasteiger partial charge is 0.428 e. The van der Waals surface area contributed by atoms with Crippen LogP contribution in [0, 0.1) is 17.5 Å². The Hall–Kier alpha value is -0.813. The van der Waals surface area contributed by atoms with Gasteiger partial charge in [-0.3, -0.25) is 0 Å². The van der Waals surface area contributed by atoms with E-state index in [1.807, 2.05) is 0 Å². The minimum Gasteiger partial charge on any atom is -0.428 e. The highest BCUT2D eigenvalue weighted by Crippen LogP contribution is 2.06. The van der Waals surface area contributed by atoms with Gasteiger partial charge in [0.1, 0.15) is 0 Å². The maximum absolute atomic E-state index is 12.5. The van der Waals surface area contributed by atoms with Gasteiger partial charge in [0.05, 0.1) is 0 Å². The van der Waals surface area contributed by atoms with Crippen molar-refractivity contribution in [2.45, 2.75) is 0 Å². The number of rotatable bonds is 1. The van der Waals surface area contributed by atoms with Gasteiger partial charge >= 0.3 is 0 Å². The molecule has 0 spiro atoms. The molecule has 0 saturated carbocycles. The number of benzene rings is 1. The highest BCUT2D eigenvalue weighted by Gasteiger charge is 2.12. The van der Waals surface area contributed by atoms with E-state index in [1.54, 1.807) is 0 Å². The smallest absolute Gasteiger partial charge is 0.268 e. The van der Waals surface area contributed by atoms with Gasteiger partial charge in [-0.1, -0.05) is 6.07 Å². The zero-order valence-corrected chi connectivity index (χ0v) is 6.24. The zero-order valence-electron chi connectivity index (χ0n) is 5.24. The van der Waals surface area contributed by atoms with E-state index in [0.29, 0.717) is 0 Å². The molecule has 0 bridgehead atoms. The molecular weight excluding hydrogens is 173 g/mol. The monoisotopic (exact) mass is 176 g/mol. The summed E-state index contributed by atoms with van der Waals surface area (Å²) < 4.78 is 37.0. The molecule has 0 atom stereocenters. The molecular formula is C6H3F3OSi. The van der Waals surface area contributed by atoms with Gasteiger partial charge in [0, 0.05) is 5.19 Å². The first-order valence-corrected chi connectivity index (χ1v) is 3.65. The van der Waals surface area contributed by atoms with Gasteiger partial charge in [0.2, 0.25) is 0 Å². The second-order valence-corrected chi connectivity index (χ2v) is 2.60. The van der Waals surface area contributed by atoms with Gasteiger partial charge in [0.25, 0.3) is 9.76 Å². The third-order valence-electron chi connectivity index (χ3n) is 1.16. The van der Waals surface area contributed by atoms with Crippen LogP contribution in [0.5, 0.6) is 0 Å². The molecule has 0 aliphatic carbocycles. The summed E-state index contributed by atoms with van der Waals surface area (Å²) in [4.78, 5) is 8.43. The van der Waals surface area contributed by atoms with Crippen LogP contribution in [-0.4, -0.2) is 14.6 Å². The molecule has 1 rings (SSSR count). The van der Waals surface area contributed by atoms with E-state index in [2.05, 4.69) is 0 Å². The van der Waals surface area contributed by atoms with Crippen molar-refractivity contribution < 1.29 is 18.0 Å². The van der Waals surface area contributed by atoms with Crippen LogP contribution in [-0.2, 0) is 0 Å². The Bertz CT molecular complexity index is 277. The van der Waals surface area contributed by atoms with Gasteiger partial charge in [0.15, 0.2) is 17.5 Å². The summed E-state index contributed by atoms with van der Waals surface area (Å²) in [6.07, 6.45) is 0. The Kier molecular flexibility index (Phi) is 2.30. The molecule has 0 aliphatic rings. The Balaban J connectivity index is 3.25. The fraction of sp³-hybridized carbons (Fsp3) is 0. The normalized spacial score (nSPS) is 10.2. The number of halogens is 3. The SMILES string of the molecule is O[Si]c1ccc(F)c(F)c1F. The molecule has 11 heavy (non-hydrogen) atoms. The van der Waals surface area contributed by atoms with Gasteiger partial charge in [-0.25, -0.2) is 13.2 Å². The van der Waals surface area contributed by atoms with Crippen molar-refractivity contribution in [3.05, 3.63) is 29.6 Å². The van der Waals surface area contributed by atoms with Crippen LogP contribution in [0.2, 0.25) is 0 Å². The lowest BCUT2D eigenvalue weighted by atomic mass is 10.3. The van der Waals surface area contributed by atoms with E-state index in [0.717, 1.165) is 12.1 Å². The second kappa shape index (κ2) is 3.06. The van der Waals surface area contributed by atoms with Crippen molar-refractivity contribution in [2.75, 3.05) is 0 Å². The lowest BCUT2D eigenvalue weighted by Crippen LogP contribution is -2.20. The maximum atomic E-state index is 12.5. The molecule has 0 amide bonds. The quantitative estimate of drug-likeness (QED) is 0.483. The lowest BCUT2D eigenvalue weighted by molar-refractivity contribution is 0.449. The summed E-state index contributed by atoms with van der Waals surface area (Å²) >= 11 is 0. The first-order valence-electron chi connectivity index (χ1n) is 2.70. The van der Waals surface area contributed by atoms with Crippen molar-refractivity contribution in [2.24, 2.45) is 0 Å². The topological polar surface area (TPSA) is 20.2 Å². The van der Waals surface area contributed by atoms with E-state index < -0.39 is 27.2 Å². The molecule has 0 heterocycles. The van der Waals surface area contributed by atoms with Crippen LogP contribution in [0.25, 0.3) is 0 Å². The van der Waals surface area contributed by atoms with E-state index >= 15 is 0 Å². The van der Waals surface area contributed by atoms with E-state index in [4.69, 9.17) is 4.80 Å². The van der Waals surface area contributed by atoms with Gasteiger partial charge in [-0.15, -0.1) is 0 Å². The van der Waals surface area contributed by atoms with Crippen molar-refractivity contribution in [1.29, 1.82) is 0 Å². The van der Waals surface area contributed by atoms with E-state index in [-0.39, 0.29) is 5.19 Å². The summed E-state index contributed by atoms with van der Waals surface area (Å²) in [5.41, 5.74) is 0. The predicted octanol–water partition coefficient (Wildman–Crippen LogP) is 0.341. The molecule has 1 N–H and O–H groups in total. The van der Waals surface area contributed by atoms with Crippen LogP contribution >= 0.6 is 0 Å². The summed E-state index contributed by atoms with van der Waals surface area (Å²) in [6.45, 7) is 0. The van der Waals surface area contributed by atoms with Crippen LogP contribution in [0.3, 0.4) is 0 Å². The van der Waals surface area contributed by atoms with Crippen LogP contribution < -0.4 is 5.19 Å². The average Bonchev–Trinajstić information content (AvgIpc) is 2.01. The molecule has 0 aromatic heterocycles. The van der Waals surface area contributed by atoms with E-state index in [9.17, 15) is 13.2 Å². The lowest BCUT2D eigenvalue weighted by Gasteiger charge is -1.98. The van der Waals surface area contributed by atoms with Gasteiger partial charge in [-0.2, -0.15) is 0 Å². The fourth-order valence-corrected chi connectivity index (χ4v) is 0.978. The minimum atomic E-state index is -1.54. The highest BCUT2D eigenvalue weighted by atomic mass is 28.2. The average molecular weight is 176 g/mol. The van der Waals surface area contributed by atoms with Crippen LogP contribution in [0.1, 0.15) is 0 Å². The molecule has 1 aromatic carbocycles.